The topological polar surface area (TPSA) is 15.3 Å². The highest BCUT2D eigenvalue weighted by atomic mass is 15.2. The SMILES string of the molecule is CCCN(C1CC1)C1CC(C)(C)CCC1NC. The Balaban J connectivity index is 2.06. The first-order valence-corrected chi connectivity index (χ1v) is 7.50. The summed E-state index contributed by atoms with van der Waals surface area (Å²) in [5, 5.41) is 3.57. The van der Waals surface area contributed by atoms with Crippen LogP contribution >= 0.6 is 0 Å². The van der Waals surface area contributed by atoms with E-state index >= 15 is 0 Å². The van der Waals surface area contributed by atoms with Crippen molar-refractivity contribution in [1.29, 1.82) is 0 Å². The van der Waals surface area contributed by atoms with Crippen molar-refractivity contribution in [1.82, 2.24) is 10.2 Å². The van der Waals surface area contributed by atoms with Crippen LogP contribution in [0.2, 0.25) is 0 Å². The first kappa shape index (κ1) is 13.4. The second-order valence-corrected chi connectivity index (χ2v) is 6.84. The summed E-state index contributed by atoms with van der Waals surface area (Å²) in [5.74, 6) is 0. The summed E-state index contributed by atoms with van der Waals surface area (Å²) in [5.41, 5.74) is 0.541. The molecule has 2 aliphatic carbocycles. The van der Waals surface area contributed by atoms with Crippen LogP contribution in [0.25, 0.3) is 0 Å². The van der Waals surface area contributed by atoms with E-state index in [1.54, 1.807) is 0 Å². The van der Waals surface area contributed by atoms with Crippen molar-refractivity contribution < 1.29 is 0 Å². The van der Waals surface area contributed by atoms with Gasteiger partial charge in [-0.3, -0.25) is 4.90 Å². The van der Waals surface area contributed by atoms with Crippen molar-refractivity contribution in [3.8, 4) is 0 Å². The average molecular weight is 238 g/mol. The van der Waals surface area contributed by atoms with Crippen LogP contribution in [0.15, 0.2) is 0 Å². The highest BCUT2D eigenvalue weighted by molar-refractivity contribution is 4.98. The van der Waals surface area contributed by atoms with Gasteiger partial charge in [-0.2, -0.15) is 0 Å². The van der Waals surface area contributed by atoms with Gasteiger partial charge < -0.3 is 5.32 Å². The minimum absolute atomic E-state index is 0.541. The number of likely N-dealkylation sites (N-methyl/N-ethyl adjacent to an activating group) is 1. The van der Waals surface area contributed by atoms with Crippen LogP contribution in [-0.2, 0) is 0 Å². The first-order chi connectivity index (χ1) is 8.07. The molecule has 2 atom stereocenters. The molecule has 1 N–H and O–H groups in total. The zero-order valence-electron chi connectivity index (χ0n) is 12.1. The van der Waals surface area contributed by atoms with E-state index in [1.807, 2.05) is 0 Å². The van der Waals surface area contributed by atoms with E-state index in [2.05, 4.69) is 38.0 Å². The van der Waals surface area contributed by atoms with Crippen molar-refractivity contribution in [3.05, 3.63) is 0 Å². The van der Waals surface area contributed by atoms with Crippen LogP contribution in [0.1, 0.15) is 59.3 Å². The molecule has 2 heteroatoms. The Bertz CT molecular complexity index is 245. The van der Waals surface area contributed by atoms with Gasteiger partial charge in [-0.25, -0.2) is 0 Å². The fraction of sp³-hybridized carbons (Fsp3) is 1.00. The van der Waals surface area contributed by atoms with E-state index in [-0.39, 0.29) is 0 Å². The van der Waals surface area contributed by atoms with Crippen LogP contribution in [0.3, 0.4) is 0 Å². The third-order valence-corrected chi connectivity index (χ3v) is 4.65. The fourth-order valence-corrected chi connectivity index (χ4v) is 3.52. The zero-order valence-corrected chi connectivity index (χ0v) is 12.1. The second kappa shape index (κ2) is 5.27. The van der Waals surface area contributed by atoms with Crippen LogP contribution in [0.5, 0.6) is 0 Å². The zero-order chi connectivity index (χ0) is 12.5. The second-order valence-electron chi connectivity index (χ2n) is 6.84. The third kappa shape index (κ3) is 3.23. The number of hydrogen-bond acceptors (Lipinski definition) is 2. The maximum atomic E-state index is 3.57. The lowest BCUT2D eigenvalue weighted by Gasteiger charge is -2.46. The van der Waals surface area contributed by atoms with Crippen molar-refractivity contribution in [2.75, 3.05) is 13.6 Å². The van der Waals surface area contributed by atoms with Crippen LogP contribution in [0, 0.1) is 5.41 Å². The molecule has 0 saturated heterocycles. The van der Waals surface area contributed by atoms with E-state index in [9.17, 15) is 0 Å². The summed E-state index contributed by atoms with van der Waals surface area (Å²) in [6.45, 7) is 8.51. The lowest BCUT2D eigenvalue weighted by Crippen LogP contribution is -2.54. The molecule has 2 rings (SSSR count). The molecule has 2 aliphatic rings. The van der Waals surface area contributed by atoms with Crippen LogP contribution in [0.4, 0.5) is 0 Å². The maximum Gasteiger partial charge on any atom is 0.0257 e. The monoisotopic (exact) mass is 238 g/mol. The summed E-state index contributed by atoms with van der Waals surface area (Å²) in [7, 11) is 2.15. The van der Waals surface area contributed by atoms with Gasteiger partial charge in [-0.1, -0.05) is 20.8 Å². The Morgan fingerprint density at radius 1 is 1.24 bits per heavy atom. The van der Waals surface area contributed by atoms with E-state index in [4.69, 9.17) is 0 Å². The molecule has 0 amide bonds. The molecule has 0 aromatic carbocycles. The number of nitrogens with one attached hydrogen (secondary N) is 1. The van der Waals surface area contributed by atoms with Gasteiger partial charge in [0.2, 0.25) is 0 Å². The summed E-state index contributed by atoms with van der Waals surface area (Å²) in [6, 6.07) is 2.40. The van der Waals surface area contributed by atoms with Crippen molar-refractivity contribution >= 4 is 0 Å². The number of nitrogens with zero attached hydrogens (tertiary/aromatic N) is 1. The van der Waals surface area contributed by atoms with Gasteiger partial charge in [0, 0.05) is 18.1 Å². The van der Waals surface area contributed by atoms with Crippen molar-refractivity contribution in [3.63, 3.8) is 0 Å². The normalized spacial score (nSPS) is 33.0. The van der Waals surface area contributed by atoms with Crippen LogP contribution in [-0.4, -0.2) is 36.6 Å². The molecule has 0 heterocycles. The molecule has 100 valence electrons. The Labute approximate surface area is 107 Å². The molecule has 2 saturated carbocycles. The molecular formula is C15H30N2. The van der Waals surface area contributed by atoms with Gasteiger partial charge in [-0.05, 0) is 57.5 Å². The molecule has 17 heavy (non-hydrogen) atoms. The standard InChI is InChI=1S/C15H30N2/c1-5-10-17(12-6-7-12)14-11-15(2,3)9-8-13(14)16-4/h12-14,16H,5-11H2,1-4H3. The molecule has 2 fully saturated rings. The Kier molecular flexibility index (Phi) is 4.14. The largest absolute Gasteiger partial charge is 0.315 e. The fourth-order valence-electron chi connectivity index (χ4n) is 3.52. The number of rotatable bonds is 5. The smallest absolute Gasteiger partial charge is 0.0257 e. The van der Waals surface area contributed by atoms with E-state index in [0.717, 1.165) is 18.1 Å². The molecule has 0 radical (unpaired) electrons. The summed E-state index contributed by atoms with van der Waals surface area (Å²) >= 11 is 0. The van der Waals surface area contributed by atoms with Gasteiger partial charge in [0.15, 0.2) is 0 Å². The summed E-state index contributed by atoms with van der Waals surface area (Å²) in [6.07, 6.45) is 8.26. The molecule has 2 unspecified atom stereocenters. The molecule has 2 nitrogen and oxygen atoms in total. The Morgan fingerprint density at radius 2 is 1.94 bits per heavy atom. The predicted molar refractivity (Wildman–Crippen MR) is 74.3 cm³/mol. The summed E-state index contributed by atoms with van der Waals surface area (Å²) < 4.78 is 0. The lowest BCUT2D eigenvalue weighted by molar-refractivity contribution is 0.0617. The van der Waals surface area contributed by atoms with Gasteiger partial charge >= 0.3 is 0 Å². The molecule has 0 aliphatic heterocycles. The quantitative estimate of drug-likeness (QED) is 0.792. The van der Waals surface area contributed by atoms with E-state index < -0.39 is 0 Å². The summed E-state index contributed by atoms with van der Waals surface area (Å²) in [4.78, 5) is 2.82. The minimum Gasteiger partial charge on any atom is -0.315 e. The highest BCUT2D eigenvalue weighted by Crippen LogP contribution is 2.40. The van der Waals surface area contributed by atoms with E-state index in [1.165, 1.54) is 45.1 Å². The van der Waals surface area contributed by atoms with Crippen molar-refractivity contribution in [2.24, 2.45) is 5.41 Å². The molecule has 0 aromatic rings. The third-order valence-electron chi connectivity index (χ3n) is 4.65. The Hall–Kier alpha value is -0.0800. The van der Waals surface area contributed by atoms with Gasteiger partial charge in [0.05, 0.1) is 0 Å². The molecular weight excluding hydrogens is 208 g/mol. The van der Waals surface area contributed by atoms with Gasteiger partial charge in [0.1, 0.15) is 0 Å². The number of hydrogen-bond donors (Lipinski definition) is 1. The van der Waals surface area contributed by atoms with Gasteiger partial charge in [0.25, 0.3) is 0 Å². The average Bonchev–Trinajstić information content (AvgIpc) is 3.08. The molecule has 0 bridgehead atoms. The van der Waals surface area contributed by atoms with E-state index in [0.29, 0.717) is 5.41 Å². The van der Waals surface area contributed by atoms with Crippen LogP contribution < -0.4 is 5.32 Å². The maximum absolute atomic E-state index is 3.57. The lowest BCUT2D eigenvalue weighted by atomic mass is 9.72. The van der Waals surface area contributed by atoms with Crippen molar-refractivity contribution in [2.45, 2.75) is 77.4 Å². The van der Waals surface area contributed by atoms with Gasteiger partial charge in [-0.15, -0.1) is 0 Å². The first-order valence-electron chi connectivity index (χ1n) is 7.50. The highest BCUT2D eigenvalue weighted by Gasteiger charge is 2.41. The minimum atomic E-state index is 0.541. The molecule has 0 aromatic heterocycles. The Morgan fingerprint density at radius 3 is 2.47 bits per heavy atom. The molecule has 0 spiro atoms. The predicted octanol–water partition coefficient (Wildman–Crippen LogP) is 3.03.